The van der Waals surface area contributed by atoms with Crippen molar-refractivity contribution in [3.8, 4) is 0 Å². The van der Waals surface area contributed by atoms with Crippen molar-refractivity contribution in [1.82, 2.24) is 14.8 Å². The molecule has 0 bridgehead atoms. The molecule has 2 aromatic heterocycles. The van der Waals surface area contributed by atoms with E-state index < -0.39 is 0 Å². The maximum absolute atomic E-state index is 11.7. The van der Waals surface area contributed by atoms with Gasteiger partial charge in [0.05, 0.1) is 11.9 Å². The first-order valence-corrected chi connectivity index (χ1v) is 6.57. The van der Waals surface area contributed by atoms with E-state index in [-0.39, 0.29) is 5.91 Å². The highest BCUT2D eigenvalue weighted by Crippen LogP contribution is 2.21. The Morgan fingerprint density at radius 3 is 2.83 bits per heavy atom. The van der Waals surface area contributed by atoms with Crippen molar-refractivity contribution >= 4 is 22.4 Å². The molecular formula is C12H16N4OS. The molecule has 0 atom stereocenters. The van der Waals surface area contributed by atoms with E-state index in [1.807, 2.05) is 27.1 Å². The van der Waals surface area contributed by atoms with Crippen LogP contribution in [-0.4, -0.2) is 20.7 Å². The summed E-state index contributed by atoms with van der Waals surface area (Å²) >= 11 is 1.51. The Morgan fingerprint density at radius 2 is 2.28 bits per heavy atom. The molecule has 0 aliphatic rings. The minimum atomic E-state index is -0.00685. The Hall–Kier alpha value is -1.69. The topological polar surface area (TPSA) is 59.8 Å². The van der Waals surface area contributed by atoms with Crippen LogP contribution < -0.4 is 5.32 Å². The maximum atomic E-state index is 11.7. The molecule has 96 valence electrons. The van der Waals surface area contributed by atoms with Gasteiger partial charge in [0.2, 0.25) is 5.91 Å². The zero-order valence-corrected chi connectivity index (χ0v) is 11.5. The average Bonchev–Trinajstić information content (AvgIpc) is 2.84. The van der Waals surface area contributed by atoms with Gasteiger partial charge in [0.25, 0.3) is 0 Å². The van der Waals surface area contributed by atoms with Crippen LogP contribution in [-0.2, 0) is 18.3 Å². The van der Waals surface area contributed by atoms with E-state index in [4.69, 9.17) is 0 Å². The van der Waals surface area contributed by atoms with E-state index in [0.29, 0.717) is 18.0 Å². The number of aromatic nitrogens is 3. The molecule has 2 aromatic rings. The first kappa shape index (κ1) is 12.8. The molecule has 2 heterocycles. The number of aryl methyl sites for hydroxylation is 4. The highest BCUT2D eigenvalue weighted by atomic mass is 32.1. The molecule has 1 N–H and O–H groups in total. The molecule has 0 aromatic carbocycles. The molecule has 0 aliphatic heterocycles. The van der Waals surface area contributed by atoms with Crippen molar-refractivity contribution in [3.63, 3.8) is 0 Å². The zero-order chi connectivity index (χ0) is 13.1. The SMILES string of the molecule is Cc1nc(NC(=O)CCc2cnn(C)c2)sc1C. The molecule has 5 nitrogen and oxygen atoms in total. The Morgan fingerprint density at radius 1 is 1.50 bits per heavy atom. The Kier molecular flexibility index (Phi) is 3.76. The third-order valence-corrected chi connectivity index (χ3v) is 3.66. The average molecular weight is 264 g/mol. The zero-order valence-electron chi connectivity index (χ0n) is 10.7. The molecular weight excluding hydrogens is 248 g/mol. The van der Waals surface area contributed by atoms with Crippen LogP contribution in [0.15, 0.2) is 12.4 Å². The number of amides is 1. The molecule has 18 heavy (non-hydrogen) atoms. The number of anilines is 1. The summed E-state index contributed by atoms with van der Waals surface area (Å²) in [6.07, 6.45) is 4.85. The summed E-state index contributed by atoms with van der Waals surface area (Å²) in [6.45, 7) is 3.94. The number of thiazole rings is 1. The minimum Gasteiger partial charge on any atom is -0.302 e. The van der Waals surface area contributed by atoms with Crippen molar-refractivity contribution in [2.45, 2.75) is 26.7 Å². The summed E-state index contributed by atoms with van der Waals surface area (Å²) in [5.41, 5.74) is 2.04. The molecule has 2 rings (SSSR count). The van der Waals surface area contributed by atoms with Gasteiger partial charge in [-0.15, -0.1) is 11.3 Å². The van der Waals surface area contributed by atoms with E-state index in [1.165, 1.54) is 11.3 Å². The predicted molar refractivity (Wildman–Crippen MR) is 71.7 cm³/mol. The number of hydrogen-bond donors (Lipinski definition) is 1. The summed E-state index contributed by atoms with van der Waals surface area (Å²) in [6, 6.07) is 0. The minimum absolute atomic E-state index is 0.00685. The summed E-state index contributed by atoms with van der Waals surface area (Å²) in [5, 5.41) is 7.57. The second-order valence-electron chi connectivity index (χ2n) is 4.23. The van der Waals surface area contributed by atoms with Crippen molar-refractivity contribution in [2.75, 3.05) is 5.32 Å². The van der Waals surface area contributed by atoms with Crippen molar-refractivity contribution in [2.24, 2.45) is 7.05 Å². The molecule has 0 aliphatic carbocycles. The molecule has 0 radical (unpaired) electrons. The number of carbonyl (C=O) groups is 1. The van der Waals surface area contributed by atoms with Gasteiger partial charge < -0.3 is 5.32 Å². The normalized spacial score (nSPS) is 10.6. The maximum Gasteiger partial charge on any atom is 0.226 e. The number of nitrogens with zero attached hydrogens (tertiary/aromatic N) is 3. The highest BCUT2D eigenvalue weighted by Gasteiger charge is 2.08. The first-order valence-electron chi connectivity index (χ1n) is 5.76. The van der Waals surface area contributed by atoms with Gasteiger partial charge in [0.15, 0.2) is 5.13 Å². The Balaban J connectivity index is 1.85. The predicted octanol–water partition coefficient (Wildman–Crippen LogP) is 2.06. The summed E-state index contributed by atoms with van der Waals surface area (Å²) in [7, 11) is 1.87. The van der Waals surface area contributed by atoms with Crippen LogP contribution in [0.4, 0.5) is 5.13 Å². The fourth-order valence-corrected chi connectivity index (χ4v) is 2.40. The van der Waals surface area contributed by atoms with Crippen LogP contribution in [0.3, 0.4) is 0 Å². The van der Waals surface area contributed by atoms with Gasteiger partial charge in [-0.3, -0.25) is 9.48 Å². The lowest BCUT2D eigenvalue weighted by Gasteiger charge is -1.99. The van der Waals surface area contributed by atoms with Crippen LogP contribution in [0.2, 0.25) is 0 Å². The molecule has 0 spiro atoms. The molecule has 1 amide bonds. The van der Waals surface area contributed by atoms with Crippen molar-refractivity contribution in [3.05, 3.63) is 28.5 Å². The first-order chi connectivity index (χ1) is 8.54. The number of hydrogen-bond acceptors (Lipinski definition) is 4. The Labute approximate surface area is 110 Å². The van der Waals surface area contributed by atoms with Gasteiger partial charge in [-0.05, 0) is 25.8 Å². The molecule has 0 saturated heterocycles. The lowest BCUT2D eigenvalue weighted by atomic mass is 10.2. The smallest absolute Gasteiger partial charge is 0.226 e. The number of nitrogens with one attached hydrogen (secondary N) is 1. The highest BCUT2D eigenvalue weighted by molar-refractivity contribution is 7.15. The van der Waals surface area contributed by atoms with Gasteiger partial charge in [-0.2, -0.15) is 5.10 Å². The van der Waals surface area contributed by atoms with Crippen molar-refractivity contribution < 1.29 is 4.79 Å². The summed E-state index contributed by atoms with van der Waals surface area (Å²) < 4.78 is 1.74. The van der Waals surface area contributed by atoms with E-state index in [0.717, 1.165) is 16.1 Å². The van der Waals surface area contributed by atoms with Crippen LogP contribution in [0.25, 0.3) is 0 Å². The van der Waals surface area contributed by atoms with Crippen LogP contribution in [0.1, 0.15) is 22.6 Å². The monoisotopic (exact) mass is 264 g/mol. The second-order valence-corrected chi connectivity index (χ2v) is 5.43. The molecule has 0 saturated carbocycles. The van der Waals surface area contributed by atoms with Gasteiger partial charge in [0, 0.05) is 24.5 Å². The molecule has 6 heteroatoms. The van der Waals surface area contributed by atoms with Gasteiger partial charge in [0.1, 0.15) is 0 Å². The quantitative estimate of drug-likeness (QED) is 0.919. The van der Waals surface area contributed by atoms with E-state index in [9.17, 15) is 4.79 Å². The summed E-state index contributed by atoms with van der Waals surface area (Å²) in [4.78, 5) is 17.2. The number of carbonyl (C=O) groups excluding carboxylic acids is 1. The second kappa shape index (κ2) is 5.30. The Bertz CT molecular complexity index is 539. The third-order valence-electron chi connectivity index (χ3n) is 2.67. The number of rotatable bonds is 4. The van der Waals surface area contributed by atoms with Crippen molar-refractivity contribution in [1.29, 1.82) is 0 Å². The third kappa shape index (κ3) is 3.16. The van der Waals surface area contributed by atoms with Crippen LogP contribution >= 0.6 is 11.3 Å². The lowest BCUT2D eigenvalue weighted by Crippen LogP contribution is -2.11. The largest absolute Gasteiger partial charge is 0.302 e. The van der Waals surface area contributed by atoms with E-state index in [1.54, 1.807) is 10.9 Å². The van der Waals surface area contributed by atoms with E-state index in [2.05, 4.69) is 15.4 Å². The van der Waals surface area contributed by atoms with Crippen LogP contribution in [0.5, 0.6) is 0 Å². The van der Waals surface area contributed by atoms with E-state index >= 15 is 0 Å². The fourth-order valence-electron chi connectivity index (χ4n) is 1.57. The standard InChI is InChI=1S/C12H16N4OS/c1-8-9(2)18-12(14-8)15-11(17)5-4-10-6-13-16(3)7-10/h6-7H,4-5H2,1-3H3,(H,14,15,17). The fraction of sp³-hybridized carbons (Fsp3) is 0.417. The molecule has 0 unspecified atom stereocenters. The van der Waals surface area contributed by atoms with Gasteiger partial charge >= 0.3 is 0 Å². The van der Waals surface area contributed by atoms with Gasteiger partial charge in [-0.25, -0.2) is 4.98 Å². The van der Waals surface area contributed by atoms with Crippen LogP contribution in [0, 0.1) is 13.8 Å². The summed E-state index contributed by atoms with van der Waals surface area (Å²) in [5.74, 6) is -0.00685. The molecule has 0 fully saturated rings. The van der Waals surface area contributed by atoms with Gasteiger partial charge in [-0.1, -0.05) is 0 Å². The lowest BCUT2D eigenvalue weighted by molar-refractivity contribution is -0.116.